The van der Waals surface area contributed by atoms with Crippen LogP contribution in [0.2, 0.25) is 0 Å². The van der Waals surface area contributed by atoms with Crippen LogP contribution in [0.4, 0.5) is 14.6 Å². The molecule has 2 saturated heterocycles. The molecule has 41 heavy (non-hydrogen) atoms. The van der Waals surface area contributed by atoms with E-state index in [1.165, 1.54) is 31.4 Å². The summed E-state index contributed by atoms with van der Waals surface area (Å²) in [4.78, 5) is 17.8. The minimum atomic E-state index is -0.780. The van der Waals surface area contributed by atoms with Crippen LogP contribution in [0.25, 0.3) is 32.9 Å². The topological polar surface area (TPSA) is 86.6 Å². The summed E-state index contributed by atoms with van der Waals surface area (Å²) >= 11 is 0. The number of pyridine rings is 1. The van der Waals surface area contributed by atoms with Gasteiger partial charge in [-0.25, -0.2) is 13.8 Å². The van der Waals surface area contributed by atoms with E-state index < -0.39 is 11.6 Å². The van der Waals surface area contributed by atoms with E-state index in [4.69, 9.17) is 16.1 Å². The van der Waals surface area contributed by atoms with Crippen molar-refractivity contribution in [3.05, 3.63) is 47.2 Å². The van der Waals surface area contributed by atoms with Gasteiger partial charge in [-0.1, -0.05) is 17.9 Å². The molecular weight excluding hydrogens is 526 g/mol. The van der Waals surface area contributed by atoms with E-state index in [1.807, 2.05) is 19.0 Å². The monoisotopic (exact) mass is 554 g/mol. The average Bonchev–Trinajstić information content (AvgIpc) is 3.30. The highest BCUT2D eigenvalue weighted by Crippen LogP contribution is 2.40. The number of phenols is 1. The summed E-state index contributed by atoms with van der Waals surface area (Å²) in [6, 6.07) is 6.04. The van der Waals surface area contributed by atoms with E-state index in [1.54, 1.807) is 0 Å². The summed E-state index contributed by atoms with van der Waals surface area (Å²) in [5.74, 6) is 7.49. The number of terminal acetylenes is 1. The number of benzene rings is 2. The van der Waals surface area contributed by atoms with Gasteiger partial charge < -0.3 is 20.1 Å². The van der Waals surface area contributed by atoms with Crippen molar-refractivity contribution in [1.82, 2.24) is 25.2 Å². The summed E-state index contributed by atoms with van der Waals surface area (Å²) in [5, 5.41) is 15.2. The van der Waals surface area contributed by atoms with E-state index in [0.717, 1.165) is 12.8 Å². The zero-order chi connectivity index (χ0) is 28.8. The van der Waals surface area contributed by atoms with Crippen LogP contribution in [-0.4, -0.2) is 77.9 Å². The number of piperazine rings is 1. The van der Waals surface area contributed by atoms with Crippen molar-refractivity contribution < 1.29 is 18.6 Å². The lowest BCUT2D eigenvalue weighted by Crippen LogP contribution is -2.51. The minimum absolute atomic E-state index is 0.00208. The molecule has 4 aromatic rings. The molecule has 2 aromatic heterocycles. The fraction of sp³-hybridized carbons (Fsp3) is 0.323. The van der Waals surface area contributed by atoms with Crippen LogP contribution >= 0.6 is 0 Å². The van der Waals surface area contributed by atoms with Gasteiger partial charge in [-0.05, 0) is 56.4 Å². The molecule has 2 aliphatic rings. The Kier molecular flexibility index (Phi) is 6.82. The number of aromatic hydroxyl groups is 1. The van der Waals surface area contributed by atoms with Gasteiger partial charge in [0.25, 0.3) is 0 Å². The number of ether oxygens (including phenoxy) is 1. The Bertz CT molecular complexity index is 1790. The smallest absolute Gasteiger partial charge is 0.318 e. The van der Waals surface area contributed by atoms with Crippen molar-refractivity contribution in [2.24, 2.45) is 0 Å². The zero-order valence-corrected chi connectivity index (χ0v) is 22.9. The maximum absolute atomic E-state index is 16.7. The Morgan fingerprint density at radius 1 is 1.12 bits per heavy atom. The lowest BCUT2D eigenvalue weighted by atomic mass is 9.95. The standard InChI is InChI=1S/C31H28F2N6O2/c1-5-21-23(32)11-8-17-13-20(40)14-22(25(17)21)28-27(33)29-26(24(35-28)7-6-12-38(2)3)30(37-31(36-29)41-4)39-15-18-9-10-19(16-39)34-18/h1,8,11,13-14,18-19,34,40H,9-10,12,15-16H2,2-4H3. The molecular formula is C31H28F2N6O2. The van der Waals surface area contributed by atoms with Gasteiger partial charge in [0.2, 0.25) is 0 Å². The lowest BCUT2D eigenvalue weighted by molar-refractivity contribution is 0.380. The summed E-state index contributed by atoms with van der Waals surface area (Å²) < 4.78 is 36.9. The van der Waals surface area contributed by atoms with E-state index in [-0.39, 0.29) is 45.2 Å². The highest BCUT2D eigenvalue weighted by atomic mass is 19.1. The highest BCUT2D eigenvalue weighted by Gasteiger charge is 2.35. The molecule has 6 rings (SSSR count). The first-order valence-electron chi connectivity index (χ1n) is 13.3. The normalized spacial score (nSPS) is 18.0. The molecule has 10 heteroatoms. The number of methoxy groups -OCH3 is 1. The van der Waals surface area contributed by atoms with Crippen LogP contribution in [0.15, 0.2) is 24.3 Å². The molecule has 0 spiro atoms. The maximum Gasteiger partial charge on any atom is 0.318 e. The Hall–Kier alpha value is -4.51. The number of hydrogen-bond acceptors (Lipinski definition) is 8. The van der Waals surface area contributed by atoms with Crippen molar-refractivity contribution >= 4 is 27.5 Å². The van der Waals surface area contributed by atoms with Crippen LogP contribution in [0.3, 0.4) is 0 Å². The summed E-state index contributed by atoms with van der Waals surface area (Å²) in [6.07, 6.45) is 7.78. The molecule has 0 saturated carbocycles. The number of halogens is 2. The second-order valence-electron chi connectivity index (χ2n) is 10.6. The van der Waals surface area contributed by atoms with Crippen LogP contribution in [0.5, 0.6) is 11.8 Å². The Labute approximate surface area is 236 Å². The third kappa shape index (κ3) is 4.76. The molecule has 2 aliphatic heterocycles. The van der Waals surface area contributed by atoms with Gasteiger partial charge in [0.05, 0.1) is 24.6 Å². The van der Waals surface area contributed by atoms with Gasteiger partial charge in [0.1, 0.15) is 34.3 Å². The first-order chi connectivity index (χ1) is 19.8. The fourth-order valence-electron chi connectivity index (χ4n) is 5.73. The average molecular weight is 555 g/mol. The molecule has 0 radical (unpaired) electrons. The third-order valence-corrected chi connectivity index (χ3v) is 7.50. The fourth-order valence-corrected chi connectivity index (χ4v) is 5.73. The SMILES string of the molecule is C#Cc1c(F)ccc2cc(O)cc(-c3nc(C#CCN(C)C)c4c(N5CC6CCC(C5)N6)nc(OC)nc4c3F)c12. The Morgan fingerprint density at radius 3 is 2.56 bits per heavy atom. The van der Waals surface area contributed by atoms with Crippen molar-refractivity contribution in [3.63, 3.8) is 0 Å². The maximum atomic E-state index is 16.7. The highest BCUT2D eigenvalue weighted by molar-refractivity contribution is 6.04. The predicted molar refractivity (Wildman–Crippen MR) is 154 cm³/mol. The Morgan fingerprint density at radius 2 is 1.88 bits per heavy atom. The minimum Gasteiger partial charge on any atom is -0.508 e. The van der Waals surface area contributed by atoms with Gasteiger partial charge >= 0.3 is 6.01 Å². The molecule has 2 aromatic carbocycles. The van der Waals surface area contributed by atoms with Crippen LogP contribution in [0, 0.1) is 35.8 Å². The molecule has 8 nitrogen and oxygen atoms in total. The number of anilines is 1. The molecule has 2 N–H and O–H groups in total. The van der Waals surface area contributed by atoms with Crippen molar-refractivity contribution in [2.45, 2.75) is 24.9 Å². The Balaban J connectivity index is 1.69. The molecule has 208 valence electrons. The van der Waals surface area contributed by atoms with Crippen molar-refractivity contribution in [3.8, 4) is 47.2 Å². The van der Waals surface area contributed by atoms with Crippen LogP contribution in [0.1, 0.15) is 24.1 Å². The largest absolute Gasteiger partial charge is 0.508 e. The lowest BCUT2D eigenvalue weighted by Gasteiger charge is -2.34. The molecule has 2 fully saturated rings. The van der Waals surface area contributed by atoms with Gasteiger partial charge in [-0.2, -0.15) is 9.97 Å². The van der Waals surface area contributed by atoms with E-state index in [0.29, 0.717) is 48.3 Å². The first kappa shape index (κ1) is 26.7. The summed E-state index contributed by atoms with van der Waals surface area (Å²) in [7, 11) is 5.21. The van der Waals surface area contributed by atoms with E-state index in [2.05, 4.69) is 37.9 Å². The number of nitrogens with one attached hydrogen (secondary N) is 1. The van der Waals surface area contributed by atoms with Crippen molar-refractivity contribution in [2.75, 3.05) is 45.7 Å². The number of aromatic nitrogens is 3. The number of phenolic OH excluding ortho intramolecular Hbond substituents is 1. The quantitative estimate of drug-likeness (QED) is 0.370. The predicted octanol–water partition coefficient (Wildman–Crippen LogP) is 3.67. The van der Waals surface area contributed by atoms with Crippen molar-refractivity contribution in [1.29, 1.82) is 0 Å². The summed E-state index contributed by atoms with van der Waals surface area (Å²) in [5.41, 5.74) is 0.129. The number of fused-ring (bicyclic) bond motifs is 4. The third-order valence-electron chi connectivity index (χ3n) is 7.50. The molecule has 0 aliphatic carbocycles. The summed E-state index contributed by atoms with van der Waals surface area (Å²) in [6.45, 7) is 1.80. The number of nitrogens with zero attached hydrogens (tertiary/aromatic N) is 5. The number of hydrogen-bond donors (Lipinski definition) is 2. The molecule has 2 unspecified atom stereocenters. The van der Waals surface area contributed by atoms with Crippen LogP contribution < -0.4 is 15.0 Å². The van der Waals surface area contributed by atoms with E-state index >= 15 is 4.39 Å². The second-order valence-corrected chi connectivity index (χ2v) is 10.6. The van der Waals surface area contributed by atoms with Gasteiger partial charge in [-0.15, -0.1) is 6.42 Å². The van der Waals surface area contributed by atoms with Crippen LogP contribution in [-0.2, 0) is 0 Å². The number of rotatable bonds is 4. The first-order valence-corrected chi connectivity index (χ1v) is 13.3. The second kappa shape index (κ2) is 10.5. The van der Waals surface area contributed by atoms with Gasteiger partial charge in [0.15, 0.2) is 5.82 Å². The van der Waals surface area contributed by atoms with Gasteiger partial charge in [0, 0.05) is 36.1 Å². The van der Waals surface area contributed by atoms with E-state index in [9.17, 15) is 9.50 Å². The molecule has 2 atom stereocenters. The zero-order valence-electron chi connectivity index (χ0n) is 22.9. The molecule has 2 bridgehead atoms. The molecule has 4 heterocycles. The molecule has 0 amide bonds. The van der Waals surface area contributed by atoms with Gasteiger partial charge in [-0.3, -0.25) is 4.90 Å².